The van der Waals surface area contributed by atoms with Gasteiger partial charge in [-0.2, -0.15) is 0 Å². The topological polar surface area (TPSA) is 53.6 Å². The number of hydrogen-bond donors (Lipinski definition) is 2. The standard InChI is InChI=1S/C17H25N3O2.ClH/c1-22-15-4-2-3-14(13-15)19-16(21)20-11-7-17(8-12-20)5-9-18-10-6-17;/h2-4,13,18H,5-12H2,1H3,(H,19,21);1H. The third-order valence-corrected chi connectivity index (χ3v) is 5.10. The zero-order valence-corrected chi connectivity index (χ0v) is 14.5. The summed E-state index contributed by atoms with van der Waals surface area (Å²) in [5.74, 6) is 0.755. The van der Waals surface area contributed by atoms with E-state index < -0.39 is 0 Å². The van der Waals surface area contributed by atoms with E-state index >= 15 is 0 Å². The van der Waals surface area contributed by atoms with Crippen LogP contribution in [0.2, 0.25) is 0 Å². The fourth-order valence-electron chi connectivity index (χ4n) is 3.54. The van der Waals surface area contributed by atoms with Crippen LogP contribution in [-0.4, -0.2) is 44.2 Å². The van der Waals surface area contributed by atoms with Gasteiger partial charge in [-0.1, -0.05) is 6.07 Å². The summed E-state index contributed by atoms with van der Waals surface area (Å²) < 4.78 is 5.19. The van der Waals surface area contributed by atoms with E-state index in [1.165, 1.54) is 12.8 Å². The number of benzene rings is 1. The lowest BCUT2D eigenvalue weighted by atomic mass is 9.72. The molecular weight excluding hydrogens is 314 g/mol. The zero-order chi connectivity index (χ0) is 15.4. The molecule has 1 aromatic rings. The van der Waals surface area contributed by atoms with Crippen LogP contribution in [0.4, 0.5) is 10.5 Å². The Morgan fingerprint density at radius 1 is 1.22 bits per heavy atom. The average molecular weight is 340 g/mol. The van der Waals surface area contributed by atoms with Crippen molar-refractivity contribution in [3.05, 3.63) is 24.3 Å². The number of nitrogens with zero attached hydrogens (tertiary/aromatic N) is 1. The summed E-state index contributed by atoms with van der Waals surface area (Å²) in [5.41, 5.74) is 1.25. The third-order valence-electron chi connectivity index (χ3n) is 5.10. The maximum atomic E-state index is 12.4. The molecule has 128 valence electrons. The van der Waals surface area contributed by atoms with Gasteiger partial charge in [0.2, 0.25) is 0 Å². The molecular formula is C17H26ClN3O2. The number of ether oxygens (including phenoxy) is 1. The summed E-state index contributed by atoms with van der Waals surface area (Å²) in [6, 6.07) is 7.48. The van der Waals surface area contributed by atoms with Crippen LogP contribution < -0.4 is 15.4 Å². The molecule has 0 aliphatic carbocycles. The first kappa shape index (κ1) is 17.9. The predicted molar refractivity (Wildman–Crippen MR) is 94.6 cm³/mol. The average Bonchev–Trinajstić information content (AvgIpc) is 2.56. The molecule has 0 saturated carbocycles. The number of carbonyl (C=O) groups excluding carboxylic acids is 1. The van der Waals surface area contributed by atoms with Gasteiger partial charge in [0, 0.05) is 24.8 Å². The maximum Gasteiger partial charge on any atom is 0.321 e. The SMILES string of the molecule is COc1cccc(NC(=O)N2CCC3(CCNCC3)CC2)c1.Cl. The van der Waals surface area contributed by atoms with Gasteiger partial charge in [-0.15, -0.1) is 12.4 Å². The molecule has 2 aliphatic rings. The number of piperidine rings is 2. The van der Waals surface area contributed by atoms with Crippen molar-refractivity contribution < 1.29 is 9.53 Å². The van der Waals surface area contributed by atoms with Gasteiger partial charge in [-0.25, -0.2) is 4.79 Å². The monoisotopic (exact) mass is 339 g/mol. The van der Waals surface area contributed by atoms with Crippen LogP contribution in [0.25, 0.3) is 0 Å². The van der Waals surface area contributed by atoms with Crippen molar-refractivity contribution >= 4 is 24.1 Å². The lowest BCUT2D eigenvalue weighted by Crippen LogP contribution is -2.48. The van der Waals surface area contributed by atoms with Crippen LogP contribution in [0.3, 0.4) is 0 Å². The number of carbonyl (C=O) groups is 1. The molecule has 23 heavy (non-hydrogen) atoms. The van der Waals surface area contributed by atoms with Crippen LogP contribution in [0.1, 0.15) is 25.7 Å². The van der Waals surface area contributed by atoms with E-state index in [1.54, 1.807) is 7.11 Å². The summed E-state index contributed by atoms with van der Waals surface area (Å²) in [7, 11) is 1.63. The smallest absolute Gasteiger partial charge is 0.321 e. The van der Waals surface area contributed by atoms with Gasteiger partial charge in [0.15, 0.2) is 0 Å². The molecule has 1 aromatic carbocycles. The number of likely N-dealkylation sites (tertiary alicyclic amines) is 1. The van der Waals surface area contributed by atoms with Gasteiger partial charge >= 0.3 is 6.03 Å². The molecule has 0 aromatic heterocycles. The first-order valence-corrected chi connectivity index (χ1v) is 8.12. The first-order valence-electron chi connectivity index (χ1n) is 8.12. The van der Waals surface area contributed by atoms with Crippen molar-refractivity contribution in [1.29, 1.82) is 0 Å². The second-order valence-electron chi connectivity index (χ2n) is 6.40. The van der Waals surface area contributed by atoms with E-state index in [9.17, 15) is 4.79 Å². The summed E-state index contributed by atoms with van der Waals surface area (Å²) >= 11 is 0. The van der Waals surface area contributed by atoms with Gasteiger partial charge in [-0.3, -0.25) is 0 Å². The van der Waals surface area contributed by atoms with Crippen molar-refractivity contribution in [3.63, 3.8) is 0 Å². The molecule has 2 saturated heterocycles. The number of hydrogen-bond acceptors (Lipinski definition) is 3. The Kier molecular flexibility index (Phi) is 6.13. The molecule has 2 aliphatic heterocycles. The molecule has 2 heterocycles. The van der Waals surface area contributed by atoms with E-state index in [0.29, 0.717) is 5.41 Å². The normalized spacial score (nSPS) is 19.8. The van der Waals surface area contributed by atoms with Gasteiger partial charge < -0.3 is 20.3 Å². The molecule has 6 heteroatoms. The van der Waals surface area contributed by atoms with Crippen LogP contribution in [-0.2, 0) is 0 Å². The second kappa shape index (κ2) is 7.88. The van der Waals surface area contributed by atoms with Crippen molar-refractivity contribution in [2.45, 2.75) is 25.7 Å². The minimum absolute atomic E-state index is 0. The Balaban J connectivity index is 0.00000192. The van der Waals surface area contributed by atoms with E-state index in [1.807, 2.05) is 29.2 Å². The molecule has 2 N–H and O–H groups in total. The largest absolute Gasteiger partial charge is 0.497 e. The van der Waals surface area contributed by atoms with Gasteiger partial charge in [-0.05, 0) is 56.3 Å². The quantitative estimate of drug-likeness (QED) is 0.870. The van der Waals surface area contributed by atoms with Gasteiger partial charge in [0.05, 0.1) is 7.11 Å². The summed E-state index contributed by atoms with van der Waals surface area (Å²) in [4.78, 5) is 14.3. The Bertz CT molecular complexity index is 522. The molecule has 3 rings (SSSR count). The highest BCUT2D eigenvalue weighted by Crippen LogP contribution is 2.39. The van der Waals surface area contributed by atoms with E-state index in [4.69, 9.17) is 4.74 Å². The summed E-state index contributed by atoms with van der Waals surface area (Å²) in [6.07, 6.45) is 4.75. The molecule has 2 amide bonds. The lowest BCUT2D eigenvalue weighted by molar-refractivity contribution is 0.0915. The van der Waals surface area contributed by atoms with Crippen LogP contribution in [0.5, 0.6) is 5.75 Å². The van der Waals surface area contributed by atoms with Crippen LogP contribution in [0.15, 0.2) is 24.3 Å². The van der Waals surface area contributed by atoms with E-state index in [2.05, 4.69) is 10.6 Å². The molecule has 0 atom stereocenters. The van der Waals surface area contributed by atoms with Crippen LogP contribution in [0, 0.1) is 5.41 Å². The maximum absolute atomic E-state index is 12.4. The summed E-state index contributed by atoms with van der Waals surface area (Å²) in [6.45, 7) is 3.96. The van der Waals surface area contributed by atoms with Crippen molar-refractivity contribution in [1.82, 2.24) is 10.2 Å². The van der Waals surface area contributed by atoms with Gasteiger partial charge in [0.25, 0.3) is 0 Å². The van der Waals surface area contributed by atoms with E-state index in [-0.39, 0.29) is 18.4 Å². The molecule has 0 unspecified atom stereocenters. The Morgan fingerprint density at radius 2 is 1.91 bits per heavy atom. The second-order valence-corrected chi connectivity index (χ2v) is 6.40. The minimum Gasteiger partial charge on any atom is -0.497 e. The molecule has 1 spiro atoms. The van der Waals surface area contributed by atoms with Gasteiger partial charge in [0.1, 0.15) is 5.75 Å². The molecule has 5 nitrogen and oxygen atoms in total. The molecule has 0 bridgehead atoms. The van der Waals surface area contributed by atoms with Crippen molar-refractivity contribution in [2.75, 3.05) is 38.6 Å². The Morgan fingerprint density at radius 3 is 2.57 bits per heavy atom. The zero-order valence-electron chi connectivity index (χ0n) is 13.6. The van der Waals surface area contributed by atoms with E-state index in [0.717, 1.165) is 50.5 Å². The Hall–Kier alpha value is -1.46. The number of urea groups is 1. The predicted octanol–water partition coefficient (Wildman–Crippen LogP) is 3.11. The Labute approximate surface area is 144 Å². The third kappa shape index (κ3) is 4.30. The fraction of sp³-hybridized carbons (Fsp3) is 0.588. The minimum atomic E-state index is -0.00274. The number of nitrogens with one attached hydrogen (secondary N) is 2. The first-order chi connectivity index (χ1) is 10.7. The number of amides is 2. The lowest BCUT2D eigenvalue weighted by Gasteiger charge is -2.44. The highest BCUT2D eigenvalue weighted by molar-refractivity contribution is 5.89. The number of anilines is 1. The number of rotatable bonds is 2. The fourth-order valence-corrected chi connectivity index (χ4v) is 3.54. The van der Waals surface area contributed by atoms with Crippen molar-refractivity contribution in [2.24, 2.45) is 5.41 Å². The summed E-state index contributed by atoms with van der Waals surface area (Å²) in [5, 5.41) is 6.40. The number of halogens is 1. The van der Waals surface area contributed by atoms with Crippen LogP contribution >= 0.6 is 12.4 Å². The highest BCUT2D eigenvalue weighted by Gasteiger charge is 2.36. The molecule has 2 fully saturated rings. The van der Waals surface area contributed by atoms with Crippen molar-refractivity contribution in [3.8, 4) is 5.75 Å². The highest BCUT2D eigenvalue weighted by atomic mass is 35.5. The molecule has 0 radical (unpaired) electrons. The number of methoxy groups -OCH3 is 1.